The van der Waals surface area contributed by atoms with Crippen LogP contribution in [0.5, 0.6) is 0 Å². The average molecular weight is 593 g/mol. The van der Waals surface area contributed by atoms with Crippen LogP contribution in [0.3, 0.4) is 0 Å². The summed E-state index contributed by atoms with van der Waals surface area (Å²) >= 11 is 12.2. The van der Waals surface area contributed by atoms with E-state index in [-0.39, 0.29) is 33.9 Å². The molecule has 3 rings (SSSR count). The molecule has 6 nitrogen and oxygen atoms in total. The lowest BCUT2D eigenvalue weighted by Crippen LogP contribution is -2.43. The lowest BCUT2D eigenvalue weighted by molar-refractivity contribution is -0.118. The lowest BCUT2D eigenvalue weighted by Gasteiger charge is -2.36. The van der Waals surface area contributed by atoms with E-state index in [1.165, 1.54) is 56.5 Å². The zero-order valence-corrected chi connectivity index (χ0v) is 24.6. The number of benzene rings is 2. The number of allylic oxidation sites excluding steroid dienone is 2. The summed E-state index contributed by atoms with van der Waals surface area (Å²) in [5.74, 6) is -3.50. The Morgan fingerprint density at radius 3 is 2.40 bits per heavy atom. The van der Waals surface area contributed by atoms with Gasteiger partial charge in [0.15, 0.2) is 0 Å². The van der Waals surface area contributed by atoms with Crippen LogP contribution in [0.15, 0.2) is 53.9 Å². The average Bonchev–Trinajstić information content (AvgIpc) is 3.21. The molecule has 0 unspecified atom stereocenters. The minimum absolute atomic E-state index is 0.0375. The largest absolute Gasteiger partial charge is 0.465 e. The third-order valence-corrected chi connectivity index (χ3v) is 7.81. The van der Waals surface area contributed by atoms with Gasteiger partial charge in [0.1, 0.15) is 11.6 Å². The molecule has 10 heteroatoms. The number of esters is 1. The number of methoxy groups -OCH3 is 1. The summed E-state index contributed by atoms with van der Waals surface area (Å²) in [4.78, 5) is 25.6. The number of anilines is 1. The number of hydrogen-bond donors (Lipinski definition) is 2. The molecule has 0 saturated carbocycles. The Labute approximate surface area is 243 Å². The van der Waals surface area contributed by atoms with Gasteiger partial charge in [-0.05, 0) is 72.4 Å². The Morgan fingerprint density at radius 1 is 1.20 bits per heavy atom. The van der Waals surface area contributed by atoms with Crippen molar-refractivity contribution in [3.8, 4) is 6.07 Å². The molecule has 0 radical (unpaired) electrons. The molecule has 2 N–H and O–H groups in total. The fourth-order valence-corrected chi connectivity index (χ4v) is 5.52. The van der Waals surface area contributed by atoms with Crippen molar-refractivity contribution < 1.29 is 23.1 Å². The number of hydrogen-bond acceptors (Lipinski definition) is 5. The van der Waals surface area contributed by atoms with Crippen molar-refractivity contribution in [1.82, 2.24) is 5.32 Å². The number of carbonyl (C=O) groups is 2. The first-order valence-corrected chi connectivity index (χ1v) is 13.7. The molecule has 0 aliphatic carbocycles. The first kappa shape index (κ1) is 31.5. The highest BCUT2D eigenvalue weighted by atomic mass is 35.5. The first-order chi connectivity index (χ1) is 18.8. The molecule has 40 heavy (non-hydrogen) atoms. The number of alkyl halides is 1. The molecule has 1 saturated heterocycles. The van der Waals surface area contributed by atoms with E-state index in [1.54, 1.807) is 0 Å². The number of nitrogens with zero attached hydrogens (tertiary/aromatic N) is 1. The van der Waals surface area contributed by atoms with Crippen LogP contribution in [0.4, 0.5) is 14.5 Å². The van der Waals surface area contributed by atoms with Crippen molar-refractivity contribution in [3.05, 3.63) is 75.8 Å². The molecular formula is C30H33Cl2F2N3O3. The van der Waals surface area contributed by atoms with E-state index in [0.29, 0.717) is 17.7 Å². The van der Waals surface area contributed by atoms with Crippen molar-refractivity contribution >= 4 is 40.8 Å². The zero-order chi connectivity index (χ0) is 29.8. The fourth-order valence-electron chi connectivity index (χ4n) is 5.19. The Hall–Kier alpha value is -2.99. The first-order valence-electron chi connectivity index (χ1n) is 12.8. The Kier molecular flexibility index (Phi) is 9.99. The Morgan fingerprint density at radius 2 is 1.85 bits per heavy atom. The van der Waals surface area contributed by atoms with Crippen LogP contribution >= 0.6 is 23.2 Å². The van der Waals surface area contributed by atoms with E-state index in [4.69, 9.17) is 27.9 Å². The third-order valence-electron chi connectivity index (χ3n) is 7.18. The summed E-state index contributed by atoms with van der Waals surface area (Å²) in [6, 6.07) is 10.5. The van der Waals surface area contributed by atoms with Gasteiger partial charge in [-0.2, -0.15) is 5.26 Å². The van der Waals surface area contributed by atoms with Gasteiger partial charge in [-0.1, -0.05) is 32.4 Å². The van der Waals surface area contributed by atoms with Crippen LogP contribution < -0.4 is 10.6 Å². The van der Waals surface area contributed by atoms with Gasteiger partial charge in [-0.25, -0.2) is 13.6 Å². The van der Waals surface area contributed by atoms with Gasteiger partial charge in [-0.15, -0.1) is 11.6 Å². The third kappa shape index (κ3) is 6.83. The molecule has 0 bridgehead atoms. The van der Waals surface area contributed by atoms with Gasteiger partial charge in [0.05, 0.1) is 30.2 Å². The second-order valence-electron chi connectivity index (χ2n) is 11.3. The normalized spacial score (nSPS) is 23.2. The number of amides is 1. The Bertz CT molecular complexity index is 1340. The highest BCUT2D eigenvalue weighted by Gasteiger charge is 2.59. The quantitative estimate of drug-likeness (QED) is 0.251. The van der Waals surface area contributed by atoms with Crippen LogP contribution in [-0.4, -0.2) is 36.9 Å². The number of nitrogens with one attached hydrogen (secondary N) is 2. The van der Waals surface area contributed by atoms with Gasteiger partial charge in [0.25, 0.3) is 0 Å². The molecule has 0 spiro atoms. The van der Waals surface area contributed by atoms with E-state index in [0.717, 1.165) is 0 Å². The summed E-state index contributed by atoms with van der Waals surface area (Å²) in [5, 5.41) is 17.0. The van der Waals surface area contributed by atoms with E-state index >= 15 is 8.78 Å². The monoisotopic (exact) mass is 591 g/mol. The summed E-state index contributed by atoms with van der Waals surface area (Å²) in [5.41, 5.74) is -0.925. The van der Waals surface area contributed by atoms with E-state index in [2.05, 4.69) is 16.7 Å². The number of nitriles is 1. The van der Waals surface area contributed by atoms with Crippen molar-refractivity contribution in [3.63, 3.8) is 0 Å². The summed E-state index contributed by atoms with van der Waals surface area (Å²) in [7, 11) is 1.26. The van der Waals surface area contributed by atoms with Crippen molar-refractivity contribution in [1.29, 1.82) is 5.26 Å². The topological polar surface area (TPSA) is 91.2 Å². The lowest BCUT2D eigenvalue weighted by atomic mass is 9.64. The predicted molar refractivity (Wildman–Crippen MR) is 153 cm³/mol. The zero-order valence-electron chi connectivity index (χ0n) is 23.1. The van der Waals surface area contributed by atoms with Gasteiger partial charge in [0.2, 0.25) is 5.91 Å². The minimum Gasteiger partial charge on any atom is -0.465 e. The van der Waals surface area contributed by atoms with Gasteiger partial charge >= 0.3 is 5.97 Å². The van der Waals surface area contributed by atoms with Crippen molar-refractivity contribution in [2.24, 2.45) is 10.8 Å². The van der Waals surface area contributed by atoms with Crippen LogP contribution in [0.25, 0.3) is 0 Å². The molecule has 214 valence electrons. The maximum absolute atomic E-state index is 15.5. The Balaban J connectivity index is 2.16. The van der Waals surface area contributed by atoms with E-state index in [1.807, 2.05) is 20.8 Å². The van der Waals surface area contributed by atoms with Crippen molar-refractivity contribution in [2.45, 2.75) is 58.5 Å². The van der Waals surface area contributed by atoms with Gasteiger partial charge in [-0.3, -0.25) is 4.79 Å². The van der Waals surface area contributed by atoms with Crippen LogP contribution in [-0.2, 0) is 9.53 Å². The smallest absolute Gasteiger partial charge is 0.337 e. The molecule has 0 aromatic heterocycles. The molecular weight excluding hydrogens is 559 g/mol. The van der Waals surface area contributed by atoms with Crippen LogP contribution in [0.1, 0.15) is 62.4 Å². The molecule has 1 aliphatic heterocycles. The standard InChI is InChI=1S/C30H33Cl2F2N3O3/c1-17(15-31)23(34)13-30(16-35)24(14-29(2,3)4)37-26(25(30)21-12-19(32)8-11-22(21)33)27(38)36-20-9-6-18(7-10-20)28(39)40-5/h6-12,24-26,37H,13-15H2,1-5H3,(H,36,38)/b23-17-/t24-,25-,26+,30-/m0/s1. The highest BCUT2D eigenvalue weighted by Crippen LogP contribution is 2.54. The molecule has 4 atom stereocenters. The van der Waals surface area contributed by atoms with Gasteiger partial charge < -0.3 is 15.4 Å². The summed E-state index contributed by atoms with van der Waals surface area (Å²) < 4.78 is 35.7. The highest BCUT2D eigenvalue weighted by molar-refractivity contribution is 6.30. The van der Waals surface area contributed by atoms with Crippen LogP contribution in [0.2, 0.25) is 5.02 Å². The second-order valence-corrected chi connectivity index (χ2v) is 12.0. The minimum atomic E-state index is -1.56. The summed E-state index contributed by atoms with van der Waals surface area (Å²) in [6.45, 7) is 7.44. The maximum atomic E-state index is 15.5. The SMILES string of the molecule is COC(=O)c1ccc(NC(=O)[C@@H]2N[C@@H](CC(C)(C)C)[C@@](C#N)(C/C(F)=C(\C)CCl)[C@H]2c2cc(Cl)ccc2F)cc1. The van der Waals surface area contributed by atoms with Crippen molar-refractivity contribution in [2.75, 3.05) is 18.3 Å². The number of carbonyl (C=O) groups excluding carboxylic acids is 2. The molecule has 2 aromatic carbocycles. The molecule has 1 amide bonds. The van der Waals surface area contributed by atoms with Gasteiger partial charge in [0, 0.05) is 35.0 Å². The number of ether oxygens (including phenoxy) is 1. The number of rotatable bonds is 8. The fraction of sp³-hybridized carbons (Fsp3) is 0.433. The molecule has 2 aromatic rings. The number of halogens is 4. The maximum Gasteiger partial charge on any atom is 0.337 e. The molecule has 1 fully saturated rings. The second kappa shape index (κ2) is 12.7. The predicted octanol–water partition coefficient (Wildman–Crippen LogP) is 7.15. The molecule has 1 heterocycles. The molecule has 1 aliphatic rings. The van der Waals surface area contributed by atoms with Crippen LogP contribution in [0, 0.1) is 28.0 Å². The van der Waals surface area contributed by atoms with E-state index < -0.39 is 46.9 Å². The van der Waals surface area contributed by atoms with E-state index in [9.17, 15) is 14.9 Å². The summed E-state index contributed by atoms with van der Waals surface area (Å²) in [6.07, 6.45) is 0.0219.